The fourth-order valence-electron chi connectivity index (χ4n) is 0.498. The number of isocyanates is 1. The Labute approximate surface area is 67.5 Å². The Morgan fingerprint density at radius 3 is 2.45 bits per heavy atom. The summed E-state index contributed by atoms with van der Waals surface area (Å²) in [6, 6.07) is -0.0910. The molecule has 0 rings (SSSR count). The quantitative estimate of drug-likeness (QED) is 0.460. The van der Waals surface area contributed by atoms with Crippen molar-refractivity contribution in [2.24, 2.45) is 4.99 Å². The molecule has 3 nitrogen and oxygen atoms in total. The third kappa shape index (κ3) is 7.23. The normalized spacial score (nSPS) is 13.8. The number of rotatable bonds is 3. The van der Waals surface area contributed by atoms with E-state index in [-0.39, 0.29) is 11.6 Å². The van der Waals surface area contributed by atoms with Crippen LogP contribution in [0.2, 0.25) is 0 Å². The fourth-order valence-corrected chi connectivity index (χ4v) is 0.498. The van der Waals surface area contributed by atoms with E-state index in [1.54, 1.807) is 0 Å². The summed E-state index contributed by atoms with van der Waals surface area (Å²) in [6.45, 7) is 8.18. The van der Waals surface area contributed by atoms with Gasteiger partial charge < -0.3 is 4.74 Å². The first-order chi connectivity index (χ1) is 4.95. The molecule has 0 aliphatic rings. The van der Waals surface area contributed by atoms with Crippen LogP contribution in [-0.2, 0) is 9.53 Å². The maximum atomic E-state index is 9.79. The Balaban J connectivity index is 3.62. The van der Waals surface area contributed by atoms with E-state index < -0.39 is 0 Å². The Hall–Kier alpha value is -0.660. The van der Waals surface area contributed by atoms with Crippen molar-refractivity contribution in [1.29, 1.82) is 0 Å². The summed E-state index contributed by atoms with van der Waals surface area (Å²) in [5.41, 5.74) is -0.160. The predicted octanol–water partition coefficient (Wildman–Crippen LogP) is 1.53. The molecule has 1 unspecified atom stereocenters. The minimum atomic E-state index is -0.160. The lowest BCUT2D eigenvalue weighted by molar-refractivity contribution is -0.00769. The molecule has 0 radical (unpaired) electrons. The third-order valence-corrected chi connectivity index (χ3v) is 1.03. The molecule has 0 N–H and O–H groups in total. The van der Waals surface area contributed by atoms with Crippen molar-refractivity contribution < 1.29 is 9.53 Å². The lowest BCUT2D eigenvalue weighted by atomic mass is 10.2. The largest absolute Gasteiger partial charge is 0.374 e. The zero-order valence-corrected chi connectivity index (χ0v) is 7.55. The van der Waals surface area contributed by atoms with Gasteiger partial charge in [0.2, 0.25) is 6.08 Å². The predicted molar refractivity (Wildman–Crippen MR) is 43.3 cm³/mol. The third-order valence-electron chi connectivity index (χ3n) is 1.03. The Bertz CT molecular complexity index is 154. The number of aliphatic imine (C=N–C) groups is 1. The summed E-state index contributed by atoms with van der Waals surface area (Å²) in [7, 11) is 0. The summed E-state index contributed by atoms with van der Waals surface area (Å²) >= 11 is 0. The molecule has 3 heteroatoms. The number of carbonyl (C=O) groups excluding carboxylic acids is 1. The lowest BCUT2D eigenvalue weighted by Gasteiger charge is -2.20. The molecule has 0 spiro atoms. The first-order valence-corrected chi connectivity index (χ1v) is 3.66. The minimum absolute atomic E-state index is 0.0910. The van der Waals surface area contributed by atoms with Gasteiger partial charge in [-0.1, -0.05) is 0 Å². The molecular formula is C8H15NO2. The summed E-state index contributed by atoms with van der Waals surface area (Å²) in [5.74, 6) is 0. The van der Waals surface area contributed by atoms with Crippen molar-refractivity contribution >= 4 is 6.08 Å². The van der Waals surface area contributed by atoms with Gasteiger partial charge in [0.1, 0.15) is 0 Å². The average molecular weight is 157 g/mol. The first-order valence-electron chi connectivity index (χ1n) is 3.66. The fraction of sp³-hybridized carbons (Fsp3) is 0.875. The first kappa shape index (κ1) is 10.3. The zero-order chi connectivity index (χ0) is 8.91. The maximum absolute atomic E-state index is 9.79. The van der Waals surface area contributed by atoms with Crippen LogP contribution in [0, 0.1) is 0 Å². The van der Waals surface area contributed by atoms with Crippen molar-refractivity contribution in [2.45, 2.75) is 39.3 Å². The van der Waals surface area contributed by atoms with Gasteiger partial charge in [-0.15, -0.1) is 0 Å². The van der Waals surface area contributed by atoms with Gasteiger partial charge in [-0.3, -0.25) is 0 Å². The van der Waals surface area contributed by atoms with E-state index in [2.05, 4.69) is 4.99 Å². The summed E-state index contributed by atoms with van der Waals surface area (Å²) in [5, 5.41) is 0. The van der Waals surface area contributed by atoms with Crippen LogP contribution in [0.5, 0.6) is 0 Å². The Kier molecular flexibility index (Phi) is 4.01. The molecule has 64 valence electrons. The molecule has 0 aromatic carbocycles. The molecule has 0 saturated carbocycles. The molecule has 0 aliphatic carbocycles. The molecule has 0 heterocycles. The summed E-state index contributed by atoms with van der Waals surface area (Å²) in [6.07, 6.45) is 1.50. The van der Waals surface area contributed by atoms with Gasteiger partial charge in [-0.2, -0.15) is 0 Å². The minimum Gasteiger partial charge on any atom is -0.374 e. The van der Waals surface area contributed by atoms with Gasteiger partial charge in [0.05, 0.1) is 18.2 Å². The number of nitrogens with zero attached hydrogens (tertiary/aromatic N) is 1. The maximum Gasteiger partial charge on any atom is 0.235 e. The van der Waals surface area contributed by atoms with Crippen LogP contribution >= 0.6 is 0 Å². The van der Waals surface area contributed by atoms with Crippen LogP contribution in [0.15, 0.2) is 4.99 Å². The standard InChI is InChI=1S/C8H15NO2/c1-7(9-6-10)5-11-8(2,3)4/h7H,5H2,1-4H3. The number of hydrogen-bond acceptors (Lipinski definition) is 3. The molecule has 0 bridgehead atoms. The van der Waals surface area contributed by atoms with Crippen molar-refractivity contribution in [3.63, 3.8) is 0 Å². The van der Waals surface area contributed by atoms with Crippen molar-refractivity contribution in [2.75, 3.05) is 6.61 Å². The summed E-state index contributed by atoms with van der Waals surface area (Å²) in [4.78, 5) is 13.3. The van der Waals surface area contributed by atoms with Crippen LogP contribution < -0.4 is 0 Å². The molecule has 0 aromatic rings. The van der Waals surface area contributed by atoms with Crippen LogP contribution in [0.4, 0.5) is 0 Å². The second-order valence-corrected chi connectivity index (χ2v) is 3.49. The molecule has 0 aromatic heterocycles. The van der Waals surface area contributed by atoms with Gasteiger partial charge >= 0.3 is 0 Å². The van der Waals surface area contributed by atoms with Gasteiger partial charge in [0, 0.05) is 0 Å². The van der Waals surface area contributed by atoms with Crippen molar-refractivity contribution in [3.05, 3.63) is 0 Å². The lowest BCUT2D eigenvalue weighted by Crippen LogP contribution is -2.23. The van der Waals surface area contributed by atoms with Crippen molar-refractivity contribution in [1.82, 2.24) is 0 Å². The van der Waals surface area contributed by atoms with Crippen LogP contribution in [-0.4, -0.2) is 24.3 Å². The highest BCUT2D eigenvalue weighted by Crippen LogP contribution is 2.07. The number of ether oxygens (including phenoxy) is 1. The molecule has 0 saturated heterocycles. The van der Waals surface area contributed by atoms with E-state index in [1.165, 1.54) is 6.08 Å². The molecule has 0 fully saturated rings. The number of hydrogen-bond donors (Lipinski definition) is 0. The average Bonchev–Trinajstić information content (AvgIpc) is 1.83. The van der Waals surface area contributed by atoms with Crippen LogP contribution in [0.25, 0.3) is 0 Å². The van der Waals surface area contributed by atoms with Gasteiger partial charge in [0.25, 0.3) is 0 Å². The van der Waals surface area contributed by atoms with E-state index in [9.17, 15) is 4.79 Å². The highest BCUT2D eigenvalue weighted by Gasteiger charge is 2.11. The molecular weight excluding hydrogens is 142 g/mol. The van der Waals surface area contributed by atoms with E-state index in [4.69, 9.17) is 4.74 Å². The van der Waals surface area contributed by atoms with Crippen LogP contribution in [0.3, 0.4) is 0 Å². The monoisotopic (exact) mass is 157 g/mol. The van der Waals surface area contributed by atoms with Gasteiger partial charge in [0.15, 0.2) is 0 Å². The second kappa shape index (κ2) is 4.27. The molecule has 11 heavy (non-hydrogen) atoms. The van der Waals surface area contributed by atoms with Gasteiger partial charge in [-0.25, -0.2) is 9.79 Å². The second-order valence-electron chi connectivity index (χ2n) is 3.49. The smallest absolute Gasteiger partial charge is 0.235 e. The van der Waals surface area contributed by atoms with Crippen LogP contribution in [0.1, 0.15) is 27.7 Å². The molecule has 1 atom stereocenters. The SMILES string of the molecule is CC(COC(C)(C)C)N=C=O. The zero-order valence-electron chi connectivity index (χ0n) is 7.55. The molecule has 0 amide bonds. The van der Waals surface area contributed by atoms with E-state index in [1.807, 2.05) is 27.7 Å². The Morgan fingerprint density at radius 1 is 1.55 bits per heavy atom. The highest BCUT2D eigenvalue weighted by atomic mass is 16.5. The topological polar surface area (TPSA) is 38.7 Å². The van der Waals surface area contributed by atoms with Crippen molar-refractivity contribution in [3.8, 4) is 0 Å². The van der Waals surface area contributed by atoms with E-state index in [0.29, 0.717) is 6.61 Å². The molecule has 0 aliphatic heterocycles. The Morgan fingerprint density at radius 2 is 2.09 bits per heavy atom. The van der Waals surface area contributed by atoms with E-state index >= 15 is 0 Å². The summed E-state index contributed by atoms with van der Waals surface area (Å²) < 4.78 is 5.37. The van der Waals surface area contributed by atoms with E-state index in [0.717, 1.165) is 0 Å². The van der Waals surface area contributed by atoms with Gasteiger partial charge in [-0.05, 0) is 27.7 Å². The highest BCUT2D eigenvalue weighted by molar-refractivity contribution is 5.33.